The van der Waals surface area contributed by atoms with Crippen molar-refractivity contribution in [1.29, 1.82) is 0 Å². The molecule has 1 N–H and O–H groups in total. The molecule has 0 radical (unpaired) electrons. The molecule has 0 fully saturated rings. The van der Waals surface area contributed by atoms with Gasteiger partial charge >= 0.3 is 0 Å². The molecule has 0 atom stereocenters. The topological polar surface area (TPSA) is 12.0 Å². The summed E-state index contributed by atoms with van der Waals surface area (Å²) in [5, 5.41) is 6.27. The van der Waals surface area contributed by atoms with Crippen LogP contribution in [-0.4, -0.2) is 0 Å². The fraction of sp³-hybridized carbons (Fsp3) is 0.167. The number of hydrogen-bond donors (Lipinski definition) is 1. The number of rotatable bonds is 3. The maximum absolute atomic E-state index is 5.89. The summed E-state index contributed by atoms with van der Waals surface area (Å²) < 4.78 is 0. The standard InChI is InChI=1S/C12H12ClNS/c1-9-7-10(13)4-5-12(9)14-8-11-3-2-6-15-11/h2-7,14H,8H2,1H3. The molecule has 1 heterocycles. The molecule has 1 aromatic heterocycles. The highest BCUT2D eigenvalue weighted by Gasteiger charge is 1.99. The maximum atomic E-state index is 5.89. The van der Waals surface area contributed by atoms with Gasteiger partial charge in [0.15, 0.2) is 0 Å². The first kappa shape index (κ1) is 10.5. The van der Waals surface area contributed by atoms with Crippen LogP contribution in [0.2, 0.25) is 5.02 Å². The Kier molecular flexibility index (Phi) is 3.29. The lowest BCUT2D eigenvalue weighted by molar-refractivity contribution is 1.18. The molecule has 3 heteroatoms. The molecule has 0 saturated heterocycles. The van der Waals surface area contributed by atoms with Crippen LogP contribution >= 0.6 is 22.9 Å². The van der Waals surface area contributed by atoms with E-state index in [0.29, 0.717) is 0 Å². The first-order valence-corrected chi connectivity index (χ1v) is 6.04. The van der Waals surface area contributed by atoms with Crippen LogP contribution in [0.4, 0.5) is 5.69 Å². The molecule has 2 aromatic rings. The average Bonchev–Trinajstić information content (AvgIpc) is 2.69. The number of nitrogens with one attached hydrogen (secondary N) is 1. The lowest BCUT2D eigenvalue weighted by Crippen LogP contribution is -1.98. The van der Waals surface area contributed by atoms with E-state index in [1.807, 2.05) is 18.2 Å². The van der Waals surface area contributed by atoms with Gasteiger partial charge in [-0.05, 0) is 42.1 Å². The molecular weight excluding hydrogens is 226 g/mol. The number of thiophene rings is 1. The molecule has 1 aromatic carbocycles. The summed E-state index contributed by atoms with van der Waals surface area (Å²) in [5.74, 6) is 0. The summed E-state index contributed by atoms with van der Waals surface area (Å²) in [6, 6.07) is 10.1. The molecule has 0 unspecified atom stereocenters. The van der Waals surface area contributed by atoms with E-state index >= 15 is 0 Å². The van der Waals surface area contributed by atoms with E-state index in [-0.39, 0.29) is 0 Å². The van der Waals surface area contributed by atoms with Crippen molar-refractivity contribution in [3.8, 4) is 0 Å². The minimum Gasteiger partial charge on any atom is -0.380 e. The summed E-state index contributed by atoms with van der Waals surface area (Å²) in [7, 11) is 0. The van der Waals surface area contributed by atoms with E-state index in [1.54, 1.807) is 11.3 Å². The Hall–Kier alpha value is -0.990. The summed E-state index contributed by atoms with van der Waals surface area (Å²) in [4.78, 5) is 1.34. The Morgan fingerprint density at radius 1 is 1.33 bits per heavy atom. The Morgan fingerprint density at radius 2 is 2.20 bits per heavy atom. The van der Waals surface area contributed by atoms with Crippen LogP contribution in [-0.2, 0) is 6.54 Å². The van der Waals surface area contributed by atoms with Crippen LogP contribution in [0, 0.1) is 6.92 Å². The van der Waals surface area contributed by atoms with Crippen LogP contribution in [0.5, 0.6) is 0 Å². The van der Waals surface area contributed by atoms with E-state index in [2.05, 4.69) is 29.8 Å². The first-order valence-electron chi connectivity index (χ1n) is 4.78. The first-order chi connectivity index (χ1) is 7.25. The second-order valence-electron chi connectivity index (χ2n) is 3.39. The van der Waals surface area contributed by atoms with Gasteiger partial charge in [-0.2, -0.15) is 0 Å². The van der Waals surface area contributed by atoms with Crippen LogP contribution in [0.3, 0.4) is 0 Å². The minimum absolute atomic E-state index is 0.786. The molecule has 0 aliphatic heterocycles. The van der Waals surface area contributed by atoms with Crippen molar-refractivity contribution in [3.05, 3.63) is 51.2 Å². The summed E-state index contributed by atoms with van der Waals surface area (Å²) in [6.45, 7) is 2.93. The van der Waals surface area contributed by atoms with Crippen LogP contribution < -0.4 is 5.32 Å². The monoisotopic (exact) mass is 237 g/mol. The lowest BCUT2D eigenvalue weighted by Gasteiger charge is -2.08. The molecule has 15 heavy (non-hydrogen) atoms. The van der Waals surface area contributed by atoms with E-state index in [0.717, 1.165) is 17.3 Å². The summed E-state index contributed by atoms with van der Waals surface area (Å²) in [5.41, 5.74) is 2.33. The molecular formula is C12H12ClNS. The van der Waals surface area contributed by atoms with Gasteiger partial charge in [0.2, 0.25) is 0 Å². The SMILES string of the molecule is Cc1cc(Cl)ccc1NCc1cccs1. The third-order valence-corrected chi connectivity index (χ3v) is 3.33. The Labute approximate surface area is 98.7 Å². The predicted molar refractivity (Wildman–Crippen MR) is 67.8 cm³/mol. The van der Waals surface area contributed by atoms with Crippen LogP contribution in [0.15, 0.2) is 35.7 Å². The van der Waals surface area contributed by atoms with Crippen molar-refractivity contribution in [2.45, 2.75) is 13.5 Å². The second kappa shape index (κ2) is 4.69. The smallest absolute Gasteiger partial charge is 0.0494 e. The van der Waals surface area contributed by atoms with Gasteiger partial charge in [0.05, 0.1) is 0 Å². The van der Waals surface area contributed by atoms with Crippen LogP contribution in [0.1, 0.15) is 10.4 Å². The third kappa shape index (κ3) is 2.74. The van der Waals surface area contributed by atoms with Gasteiger partial charge in [-0.15, -0.1) is 11.3 Å². The van der Waals surface area contributed by atoms with Crippen molar-refractivity contribution in [3.63, 3.8) is 0 Å². The number of aryl methyl sites for hydroxylation is 1. The van der Waals surface area contributed by atoms with Gasteiger partial charge in [-0.25, -0.2) is 0 Å². The summed E-state index contributed by atoms with van der Waals surface area (Å²) in [6.07, 6.45) is 0. The Balaban J connectivity index is 2.05. The maximum Gasteiger partial charge on any atom is 0.0494 e. The zero-order valence-electron chi connectivity index (χ0n) is 8.46. The highest BCUT2D eigenvalue weighted by molar-refractivity contribution is 7.09. The number of benzene rings is 1. The average molecular weight is 238 g/mol. The zero-order chi connectivity index (χ0) is 10.7. The molecule has 0 saturated carbocycles. The van der Waals surface area contributed by atoms with E-state index in [9.17, 15) is 0 Å². The van der Waals surface area contributed by atoms with E-state index < -0.39 is 0 Å². The van der Waals surface area contributed by atoms with Gasteiger partial charge in [-0.1, -0.05) is 17.7 Å². The van der Waals surface area contributed by atoms with Crippen molar-refractivity contribution in [2.75, 3.05) is 5.32 Å². The molecule has 0 spiro atoms. The van der Waals surface area contributed by atoms with Crippen molar-refractivity contribution in [2.24, 2.45) is 0 Å². The number of hydrogen-bond acceptors (Lipinski definition) is 2. The van der Waals surface area contributed by atoms with Gasteiger partial charge < -0.3 is 5.32 Å². The van der Waals surface area contributed by atoms with Crippen molar-refractivity contribution < 1.29 is 0 Å². The number of halogens is 1. The van der Waals surface area contributed by atoms with Crippen LogP contribution in [0.25, 0.3) is 0 Å². The quantitative estimate of drug-likeness (QED) is 0.838. The molecule has 0 aliphatic rings. The third-order valence-electron chi connectivity index (χ3n) is 2.22. The minimum atomic E-state index is 0.786. The van der Waals surface area contributed by atoms with Crippen molar-refractivity contribution in [1.82, 2.24) is 0 Å². The molecule has 0 aliphatic carbocycles. The molecule has 78 valence electrons. The lowest BCUT2D eigenvalue weighted by atomic mass is 10.2. The normalized spacial score (nSPS) is 10.3. The highest BCUT2D eigenvalue weighted by atomic mass is 35.5. The second-order valence-corrected chi connectivity index (χ2v) is 4.86. The fourth-order valence-corrected chi connectivity index (χ4v) is 2.29. The van der Waals surface area contributed by atoms with Gasteiger partial charge in [0.25, 0.3) is 0 Å². The van der Waals surface area contributed by atoms with E-state index in [1.165, 1.54) is 10.4 Å². The van der Waals surface area contributed by atoms with E-state index in [4.69, 9.17) is 11.6 Å². The molecule has 1 nitrogen and oxygen atoms in total. The van der Waals surface area contributed by atoms with Gasteiger partial charge in [-0.3, -0.25) is 0 Å². The summed E-state index contributed by atoms with van der Waals surface area (Å²) >= 11 is 7.65. The van der Waals surface area contributed by atoms with Gasteiger partial charge in [0.1, 0.15) is 0 Å². The highest BCUT2D eigenvalue weighted by Crippen LogP contribution is 2.20. The Bertz CT molecular complexity index is 437. The fourth-order valence-electron chi connectivity index (χ4n) is 1.42. The largest absolute Gasteiger partial charge is 0.380 e. The zero-order valence-corrected chi connectivity index (χ0v) is 10.0. The molecule has 2 rings (SSSR count). The number of anilines is 1. The van der Waals surface area contributed by atoms with Gasteiger partial charge in [0, 0.05) is 22.1 Å². The predicted octanol–water partition coefficient (Wildman–Crippen LogP) is 4.32. The molecule has 0 amide bonds. The Morgan fingerprint density at radius 3 is 2.87 bits per heavy atom. The van der Waals surface area contributed by atoms with Crippen molar-refractivity contribution >= 4 is 28.6 Å². The molecule has 0 bridgehead atoms.